The van der Waals surface area contributed by atoms with Crippen molar-refractivity contribution in [3.05, 3.63) is 70.3 Å². The lowest BCUT2D eigenvalue weighted by Gasteiger charge is -2.35. The number of morpholine rings is 1. The molecule has 1 aliphatic carbocycles. The molecule has 0 unspecified atom stereocenters. The molecule has 2 aliphatic heterocycles. The summed E-state index contributed by atoms with van der Waals surface area (Å²) in [6, 6.07) is 6.92. The van der Waals surface area contributed by atoms with Crippen LogP contribution >= 0.6 is 23.4 Å². The lowest BCUT2D eigenvalue weighted by atomic mass is 9.84. The molecule has 5 rings (SSSR count). The van der Waals surface area contributed by atoms with Gasteiger partial charge in [0.05, 0.1) is 18.2 Å². The Hall–Kier alpha value is -3.02. The quantitative estimate of drug-likeness (QED) is 0.517. The summed E-state index contributed by atoms with van der Waals surface area (Å²) in [4.78, 5) is 35.8. The van der Waals surface area contributed by atoms with Gasteiger partial charge >= 0.3 is 0 Å². The molecule has 1 aromatic heterocycles. The molecule has 1 saturated carbocycles. The van der Waals surface area contributed by atoms with Crippen molar-refractivity contribution in [3.8, 4) is 0 Å². The fourth-order valence-corrected chi connectivity index (χ4v) is 6.69. The van der Waals surface area contributed by atoms with Crippen LogP contribution in [0.5, 0.6) is 0 Å². The van der Waals surface area contributed by atoms with Crippen LogP contribution in [0.3, 0.4) is 0 Å². The van der Waals surface area contributed by atoms with E-state index in [1.165, 1.54) is 42.2 Å². The molecule has 2 aromatic rings. The van der Waals surface area contributed by atoms with Gasteiger partial charge in [-0.05, 0) is 43.7 Å². The number of thioether (sulfide) groups is 1. The van der Waals surface area contributed by atoms with Crippen molar-refractivity contribution in [2.45, 2.75) is 23.6 Å². The van der Waals surface area contributed by atoms with E-state index in [0.717, 1.165) is 6.07 Å². The number of aromatic nitrogens is 1. The lowest BCUT2D eigenvalue weighted by molar-refractivity contribution is -0.131. The zero-order valence-corrected chi connectivity index (χ0v) is 22.1. The zero-order valence-electron chi connectivity index (χ0n) is 20.5. The Morgan fingerprint density at radius 1 is 1.32 bits per heavy atom. The minimum atomic E-state index is -1.60. The normalized spacial score (nSPS) is 26.8. The van der Waals surface area contributed by atoms with Gasteiger partial charge in [-0.25, -0.2) is 18.8 Å². The number of benzene rings is 1. The number of amidine groups is 1. The van der Waals surface area contributed by atoms with E-state index in [1.54, 1.807) is 11.8 Å². The van der Waals surface area contributed by atoms with Gasteiger partial charge in [0, 0.05) is 46.8 Å². The molecular weight excluding hydrogens is 536 g/mol. The first kappa shape index (κ1) is 26.6. The number of amides is 2. The van der Waals surface area contributed by atoms with E-state index in [9.17, 15) is 14.0 Å². The largest absolute Gasteiger partial charge is 0.378 e. The predicted octanol–water partition coefficient (Wildman–Crippen LogP) is 3.92. The van der Waals surface area contributed by atoms with Gasteiger partial charge in [0.2, 0.25) is 5.91 Å². The van der Waals surface area contributed by atoms with Crippen molar-refractivity contribution in [2.75, 3.05) is 38.3 Å². The number of halogens is 3. The molecule has 3 N–H and O–H groups in total. The number of aliphatic imine (C=N–C) groups is 1. The van der Waals surface area contributed by atoms with E-state index >= 15 is 4.39 Å². The van der Waals surface area contributed by atoms with Crippen LogP contribution in [0.25, 0.3) is 0 Å². The molecule has 38 heavy (non-hydrogen) atoms. The summed E-state index contributed by atoms with van der Waals surface area (Å²) < 4.78 is 34.8. The number of nitrogens with one attached hydrogen (secondary N) is 1. The van der Waals surface area contributed by atoms with E-state index in [2.05, 4.69) is 15.3 Å². The van der Waals surface area contributed by atoms with Crippen LogP contribution < -0.4 is 11.1 Å². The summed E-state index contributed by atoms with van der Waals surface area (Å²) in [5.41, 5.74) is 5.44. The average Bonchev–Trinajstić information content (AvgIpc) is 3.63. The monoisotopic (exact) mass is 561 g/mol. The third kappa shape index (κ3) is 4.90. The smallest absolute Gasteiger partial charge is 0.274 e. The van der Waals surface area contributed by atoms with Crippen LogP contribution in [0.2, 0.25) is 5.02 Å². The summed E-state index contributed by atoms with van der Waals surface area (Å²) in [7, 11) is 0. The van der Waals surface area contributed by atoms with Gasteiger partial charge in [-0.15, -0.1) is 0 Å². The molecule has 0 radical (unpaired) electrons. The molecule has 200 valence electrons. The van der Waals surface area contributed by atoms with Crippen molar-refractivity contribution in [2.24, 2.45) is 16.6 Å². The minimum absolute atomic E-state index is 0.0115. The number of anilines is 1. The van der Waals surface area contributed by atoms with E-state index in [0.29, 0.717) is 43.3 Å². The number of nitrogens with zero attached hydrogens (tertiary/aromatic N) is 3. The molecule has 1 saturated heterocycles. The van der Waals surface area contributed by atoms with Crippen LogP contribution in [-0.4, -0.2) is 64.6 Å². The Morgan fingerprint density at radius 3 is 2.76 bits per heavy atom. The van der Waals surface area contributed by atoms with E-state index in [-0.39, 0.29) is 28.0 Å². The zero-order chi connectivity index (χ0) is 27.1. The number of pyridine rings is 1. The molecule has 2 fully saturated rings. The van der Waals surface area contributed by atoms with Gasteiger partial charge in [-0.3, -0.25) is 9.59 Å². The Bertz CT molecular complexity index is 1330. The third-order valence-corrected chi connectivity index (χ3v) is 8.56. The van der Waals surface area contributed by atoms with Gasteiger partial charge in [-0.1, -0.05) is 29.4 Å². The van der Waals surface area contributed by atoms with Gasteiger partial charge in [0.1, 0.15) is 23.7 Å². The lowest BCUT2D eigenvalue weighted by Crippen LogP contribution is -2.42. The molecule has 12 heteroatoms. The van der Waals surface area contributed by atoms with E-state index in [4.69, 9.17) is 22.1 Å². The van der Waals surface area contributed by atoms with Gasteiger partial charge < -0.3 is 20.7 Å². The maximum Gasteiger partial charge on any atom is 0.274 e. The van der Waals surface area contributed by atoms with Gasteiger partial charge in [0.25, 0.3) is 5.91 Å². The standard InChI is InChI=1S/C26H26ClF2N5O3S/c1-15(23(36)34-6-8-37-9-7-34)11-25-12-21(25)26(14-28,33-24(30)38-25)18-10-17(3-4-19(18)29)32-22(35)20-5-2-16(27)13-31-20/h2-5,10-11,13,21H,6-9,12,14H2,1H3,(H2,30,33)(H,32,35)/t21-,25+,26-/m1/s1. The second-order valence-corrected chi connectivity index (χ2v) is 11.4. The SMILES string of the molecule is CC(=C[C@]12C[C@H]1[C@@](CF)(c1cc(NC(=O)c3ccc(Cl)cn3)ccc1F)N=C(N)S2)C(=O)N1CCOCC1. The van der Waals surface area contributed by atoms with Crippen molar-refractivity contribution < 1.29 is 23.1 Å². The maximum atomic E-state index is 15.3. The van der Waals surface area contributed by atoms with Crippen molar-refractivity contribution in [1.29, 1.82) is 0 Å². The van der Waals surface area contributed by atoms with Crippen molar-refractivity contribution in [1.82, 2.24) is 9.88 Å². The van der Waals surface area contributed by atoms with Crippen LogP contribution in [-0.2, 0) is 15.1 Å². The molecule has 0 bridgehead atoms. The summed E-state index contributed by atoms with van der Waals surface area (Å²) >= 11 is 7.10. The third-order valence-electron chi connectivity index (χ3n) is 7.08. The molecule has 0 spiro atoms. The highest BCUT2D eigenvalue weighted by Crippen LogP contribution is 2.67. The van der Waals surface area contributed by atoms with Crippen molar-refractivity contribution in [3.63, 3.8) is 0 Å². The molecular formula is C26H26ClF2N5O3S. The highest BCUT2D eigenvalue weighted by atomic mass is 35.5. The fourth-order valence-electron chi connectivity index (χ4n) is 5.15. The first-order valence-electron chi connectivity index (χ1n) is 12.1. The number of rotatable bonds is 6. The molecule has 3 aliphatic rings. The number of hydrogen-bond acceptors (Lipinski definition) is 7. The average molecular weight is 562 g/mol. The number of nitrogens with two attached hydrogens (primary N) is 1. The van der Waals surface area contributed by atoms with Gasteiger partial charge in [0.15, 0.2) is 5.17 Å². The van der Waals surface area contributed by atoms with Crippen LogP contribution in [0.15, 0.2) is 53.2 Å². The Morgan fingerprint density at radius 2 is 2.08 bits per heavy atom. The number of fused-ring (bicyclic) bond motifs is 1. The highest BCUT2D eigenvalue weighted by Gasteiger charge is 2.67. The topological polar surface area (TPSA) is 110 Å². The minimum Gasteiger partial charge on any atom is -0.378 e. The molecule has 3 atom stereocenters. The second-order valence-electron chi connectivity index (χ2n) is 9.56. The number of carbonyl (C=O) groups excluding carboxylic acids is 2. The summed E-state index contributed by atoms with van der Waals surface area (Å²) in [6.07, 6.45) is 3.62. The molecule has 3 heterocycles. The number of alkyl halides is 1. The number of carbonyl (C=O) groups is 2. The Balaban J connectivity index is 1.44. The van der Waals surface area contributed by atoms with Crippen LogP contribution in [0.1, 0.15) is 29.4 Å². The molecule has 2 amide bonds. The predicted molar refractivity (Wildman–Crippen MR) is 142 cm³/mol. The summed E-state index contributed by atoms with van der Waals surface area (Å²) in [6.45, 7) is 2.68. The Kier molecular flexibility index (Phi) is 7.19. The Labute approximate surface area is 227 Å². The number of ether oxygens (including phenoxy) is 1. The second kappa shape index (κ2) is 10.3. The molecule has 8 nitrogen and oxygen atoms in total. The van der Waals surface area contributed by atoms with Gasteiger partial charge in [-0.2, -0.15) is 0 Å². The maximum absolute atomic E-state index is 15.3. The van der Waals surface area contributed by atoms with E-state index in [1.807, 2.05) is 6.08 Å². The summed E-state index contributed by atoms with van der Waals surface area (Å²) in [5, 5.41) is 3.16. The first-order chi connectivity index (χ1) is 18.2. The van der Waals surface area contributed by atoms with E-state index < -0.39 is 34.6 Å². The first-order valence-corrected chi connectivity index (χ1v) is 13.3. The molecule has 1 aromatic carbocycles. The van der Waals surface area contributed by atoms with Crippen LogP contribution in [0.4, 0.5) is 14.5 Å². The van der Waals surface area contributed by atoms with Crippen molar-refractivity contribution >= 4 is 46.0 Å². The van der Waals surface area contributed by atoms with Crippen LogP contribution in [0, 0.1) is 11.7 Å². The highest BCUT2D eigenvalue weighted by molar-refractivity contribution is 8.15. The summed E-state index contributed by atoms with van der Waals surface area (Å²) in [5.74, 6) is -1.76. The number of hydrogen-bond donors (Lipinski definition) is 2. The fraction of sp³-hybridized carbons (Fsp3) is 0.385.